The van der Waals surface area contributed by atoms with E-state index < -0.39 is 6.10 Å². The van der Waals surface area contributed by atoms with Crippen LogP contribution >= 0.6 is 15.9 Å². The molecule has 4 nitrogen and oxygen atoms in total. The van der Waals surface area contributed by atoms with E-state index in [1.807, 2.05) is 0 Å². The molecule has 2 N–H and O–H groups in total. The van der Waals surface area contributed by atoms with Gasteiger partial charge in [-0.15, -0.1) is 0 Å². The smallest absolute Gasteiger partial charge is 0.252 e. The number of carbonyl (C=O) groups is 1. The third-order valence-electron chi connectivity index (χ3n) is 3.41. The molecule has 0 saturated heterocycles. The third kappa shape index (κ3) is 3.53. The van der Waals surface area contributed by atoms with Gasteiger partial charge in [-0.3, -0.25) is 4.79 Å². The van der Waals surface area contributed by atoms with E-state index in [9.17, 15) is 9.90 Å². The van der Waals surface area contributed by atoms with Gasteiger partial charge in [0.1, 0.15) is 4.60 Å². The molecule has 1 aliphatic rings. The van der Waals surface area contributed by atoms with Crippen LogP contribution in [0, 0.1) is 5.92 Å². The Balaban J connectivity index is 1.82. The lowest BCUT2D eigenvalue weighted by atomic mass is 10.0. The zero-order chi connectivity index (χ0) is 13.0. The van der Waals surface area contributed by atoms with Crippen molar-refractivity contribution in [3.63, 3.8) is 0 Å². The molecule has 1 saturated carbocycles. The minimum Gasteiger partial charge on any atom is -0.391 e. The van der Waals surface area contributed by atoms with Crippen molar-refractivity contribution in [3.8, 4) is 0 Å². The average Bonchev–Trinajstić information content (AvgIpc) is 2.90. The molecule has 0 spiro atoms. The normalized spacial score (nSPS) is 17.7. The van der Waals surface area contributed by atoms with Crippen molar-refractivity contribution in [3.05, 3.63) is 28.5 Å². The van der Waals surface area contributed by atoms with Gasteiger partial charge in [0.2, 0.25) is 0 Å². The summed E-state index contributed by atoms with van der Waals surface area (Å²) in [5.74, 6) is 0.153. The fourth-order valence-corrected chi connectivity index (χ4v) is 2.55. The highest BCUT2D eigenvalue weighted by Gasteiger charge is 2.23. The zero-order valence-corrected chi connectivity index (χ0v) is 11.7. The molecule has 1 fully saturated rings. The van der Waals surface area contributed by atoms with E-state index in [2.05, 4.69) is 26.2 Å². The molecule has 1 heterocycles. The predicted octanol–water partition coefficient (Wildman–Crippen LogP) is 2.12. The quantitative estimate of drug-likeness (QED) is 0.837. The van der Waals surface area contributed by atoms with Crippen molar-refractivity contribution in [2.75, 3.05) is 6.54 Å². The van der Waals surface area contributed by atoms with Crippen LogP contribution in [0.2, 0.25) is 0 Å². The number of hydrogen-bond donors (Lipinski definition) is 2. The van der Waals surface area contributed by atoms with Gasteiger partial charge in [-0.1, -0.05) is 12.8 Å². The largest absolute Gasteiger partial charge is 0.391 e. The maximum absolute atomic E-state index is 11.8. The van der Waals surface area contributed by atoms with Gasteiger partial charge in [0.05, 0.1) is 11.7 Å². The standard InChI is InChI=1S/C13H17BrN2O2/c14-12-6-5-10(7-15-12)13(18)16-8-11(17)9-3-1-2-4-9/h5-7,9,11,17H,1-4,8H2,(H,16,18). The van der Waals surface area contributed by atoms with Crippen LogP contribution in [0.3, 0.4) is 0 Å². The summed E-state index contributed by atoms with van der Waals surface area (Å²) in [6, 6.07) is 3.43. The van der Waals surface area contributed by atoms with Crippen molar-refractivity contribution in [2.24, 2.45) is 5.92 Å². The fourth-order valence-electron chi connectivity index (χ4n) is 2.32. The highest BCUT2D eigenvalue weighted by molar-refractivity contribution is 9.10. The van der Waals surface area contributed by atoms with Crippen molar-refractivity contribution < 1.29 is 9.90 Å². The van der Waals surface area contributed by atoms with Gasteiger partial charge in [-0.05, 0) is 46.8 Å². The molecule has 5 heteroatoms. The van der Waals surface area contributed by atoms with Crippen LogP contribution in [0.4, 0.5) is 0 Å². The Morgan fingerprint density at radius 3 is 2.83 bits per heavy atom. The average molecular weight is 313 g/mol. The molecule has 0 radical (unpaired) electrons. The number of amides is 1. The van der Waals surface area contributed by atoms with Gasteiger partial charge in [0.25, 0.3) is 5.91 Å². The van der Waals surface area contributed by atoms with E-state index in [1.165, 1.54) is 19.0 Å². The number of carbonyl (C=O) groups excluding carboxylic acids is 1. The van der Waals surface area contributed by atoms with Crippen LogP contribution in [0.1, 0.15) is 36.0 Å². The Labute approximate surface area is 115 Å². The molecular formula is C13H17BrN2O2. The van der Waals surface area contributed by atoms with E-state index in [1.54, 1.807) is 12.1 Å². The summed E-state index contributed by atoms with van der Waals surface area (Å²) >= 11 is 3.22. The molecule has 18 heavy (non-hydrogen) atoms. The summed E-state index contributed by atoms with van der Waals surface area (Å²) in [7, 11) is 0. The lowest BCUT2D eigenvalue weighted by Gasteiger charge is -2.17. The summed E-state index contributed by atoms with van der Waals surface area (Å²) in [6.45, 7) is 0.319. The number of halogens is 1. The van der Waals surface area contributed by atoms with Crippen LogP contribution in [0.25, 0.3) is 0 Å². The number of pyridine rings is 1. The summed E-state index contributed by atoms with van der Waals surface area (Å²) in [6.07, 6.45) is 5.59. The highest BCUT2D eigenvalue weighted by atomic mass is 79.9. The van der Waals surface area contributed by atoms with Gasteiger partial charge >= 0.3 is 0 Å². The Hall–Kier alpha value is -0.940. The number of rotatable bonds is 4. The Morgan fingerprint density at radius 2 is 2.22 bits per heavy atom. The number of aliphatic hydroxyl groups excluding tert-OH is 1. The molecule has 1 unspecified atom stereocenters. The molecule has 0 bridgehead atoms. The van der Waals surface area contributed by atoms with E-state index in [-0.39, 0.29) is 5.91 Å². The summed E-state index contributed by atoms with van der Waals surface area (Å²) in [5.41, 5.74) is 0.511. The molecule has 1 atom stereocenters. The van der Waals surface area contributed by atoms with Gasteiger partial charge in [-0.2, -0.15) is 0 Å². The minimum atomic E-state index is -0.431. The number of nitrogens with zero attached hydrogens (tertiary/aromatic N) is 1. The fraction of sp³-hybridized carbons (Fsp3) is 0.538. The number of nitrogens with one attached hydrogen (secondary N) is 1. The Bertz CT molecular complexity index is 402. The van der Waals surface area contributed by atoms with Gasteiger partial charge in [0, 0.05) is 12.7 Å². The summed E-state index contributed by atoms with van der Waals surface area (Å²) in [5, 5.41) is 12.7. The minimum absolute atomic E-state index is 0.188. The molecular weight excluding hydrogens is 296 g/mol. The van der Waals surface area contributed by atoms with Crippen LogP contribution in [0.15, 0.2) is 22.9 Å². The molecule has 0 aromatic carbocycles. The second kappa shape index (κ2) is 6.29. The first-order valence-electron chi connectivity index (χ1n) is 6.24. The van der Waals surface area contributed by atoms with Crippen LogP contribution < -0.4 is 5.32 Å². The zero-order valence-electron chi connectivity index (χ0n) is 10.1. The predicted molar refractivity (Wildman–Crippen MR) is 72.2 cm³/mol. The van der Waals surface area contributed by atoms with Crippen LogP contribution in [0.5, 0.6) is 0 Å². The number of hydrogen-bond acceptors (Lipinski definition) is 3. The van der Waals surface area contributed by atoms with E-state index >= 15 is 0 Å². The molecule has 98 valence electrons. The number of aliphatic hydroxyl groups is 1. The lowest BCUT2D eigenvalue weighted by molar-refractivity contribution is 0.0840. The lowest BCUT2D eigenvalue weighted by Crippen LogP contribution is -2.35. The van der Waals surface area contributed by atoms with Crippen LogP contribution in [-0.2, 0) is 0 Å². The van der Waals surface area contributed by atoms with Gasteiger partial charge in [-0.25, -0.2) is 4.98 Å². The van der Waals surface area contributed by atoms with Crippen molar-refractivity contribution in [1.82, 2.24) is 10.3 Å². The molecule has 1 amide bonds. The molecule has 1 aromatic rings. The van der Waals surface area contributed by atoms with Crippen molar-refractivity contribution >= 4 is 21.8 Å². The van der Waals surface area contributed by atoms with Crippen molar-refractivity contribution in [2.45, 2.75) is 31.8 Å². The van der Waals surface area contributed by atoms with Gasteiger partial charge < -0.3 is 10.4 Å². The third-order valence-corrected chi connectivity index (χ3v) is 3.87. The van der Waals surface area contributed by atoms with E-state index in [4.69, 9.17) is 0 Å². The Morgan fingerprint density at radius 1 is 1.50 bits per heavy atom. The van der Waals surface area contributed by atoms with Crippen molar-refractivity contribution in [1.29, 1.82) is 0 Å². The highest BCUT2D eigenvalue weighted by Crippen LogP contribution is 2.27. The summed E-state index contributed by atoms with van der Waals surface area (Å²) < 4.78 is 0.699. The summed E-state index contributed by atoms with van der Waals surface area (Å²) in [4.78, 5) is 15.8. The first-order chi connectivity index (χ1) is 8.66. The topological polar surface area (TPSA) is 62.2 Å². The molecule has 0 aliphatic heterocycles. The molecule has 1 aliphatic carbocycles. The number of aromatic nitrogens is 1. The Kier molecular flexibility index (Phi) is 4.72. The SMILES string of the molecule is O=C(NCC(O)C1CCCC1)c1ccc(Br)nc1. The van der Waals surface area contributed by atoms with Gasteiger partial charge in [0.15, 0.2) is 0 Å². The maximum Gasteiger partial charge on any atom is 0.252 e. The second-order valence-corrected chi connectivity index (χ2v) is 5.50. The second-order valence-electron chi connectivity index (χ2n) is 4.69. The molecule has 1 aromatic heterocycles. The maximum atomic E-state index is 11.8. The first-order valence-corrected chi connectivity index (χ1v) is 7.04. The van der Waals surface area contributed by atoms with E-state index in [0.29, 0.717) is 22.6 Å². The molecule has 2 rings (SSSR count). The monoisotopic (exact) mass is 312 g/mol. The van der Waals surface area contributed by atoms with E-state index in [0.717, 1.165) is 12.8 Å². The van der Waals surface area contributed by atoms with Crippen LogP contribution in [-0.4, -0.2) is 28.6 Å². The first kappa shape index (κ1) is 13.5.